The third-order valence-corrected chi connectivity index (χ3v) is 4.03. The van der Waals surface area contributed by atoms with Crippen LogP contribution in [0.1, 0.15) is 25.7 Å². The molecular weight excluding hydrogens is 255 g/mol. The second-order valence-electron chi connectivity index (χ2n) is 4.24. The standard InChI is InChI=1S/C10H17AsN2O2/c11-9(14)8-4-2-6-13(8)10(15)7-3-1-5-12-7/h7-8,12H,1-6,11H2. The van der Waals surface area contributed by atoms with E-state index in [1.807, 2.05) is 0 Å². The van der Waals surface area contributed by atoms with Crippen LogP contribution in [0.25, 0.3) is 0 Å². The van der Waals surface area contributed by atoms with E-state index in [2.05, 4.69) is 5.32 Å². The zero-order chi connectivity index (χ0) is 10.8. The van der Waals surface area contributed by atoms with E-state index in [1.165, 1.54) is 0 Å². The molecule has 0 bridgehead atoms. The number of hydrogen-bond donors (Lipinski definition) is 1. The maximum absolute atomic E-state index is 12.1. The van der Waals surface area contributed by atoms with Crippen LogP contribution in [0, 0.1) is 0 Å². The van der Waals surface area contributed by atoms with Gasteiger partial charge in [-0.3, -0.25) is 0 Å². The topological polar surface area (TPSA) is 49.4 Å². The summed E-state index contributed by atoms with van der Waals surface area (Å²) in [5, 5.41) is 3.20. The number of likely N-dealkylation sites (tertiary alicyclic amines) is 1. The molecule has 0 aliphatic carbocycles. The van der Waals surface area contributed by atoms with E-state index < -0.39 is 0 Å². The number of amides is 1. The van der Waals surface area contributed by atoms with Crippen molar-refractivity contribution in [1.82, 2.24) is 10.2 Å². The van der Waals surface area contributed by atoms with Gasteiger partial charge in [0.05, 0.1) is 0 Å². The van der Waals surface area contributed by atoms with Crippen LogP contribution in [0.5, 0.6) is 0 Å². The van der Waals surface area contributed by atoms with Crippen molar-refractivity contribution in [3.05, 3.63) is 0 Å². The summed E-state index contributed by atoms with van der Waals surface area (Å²) >= 11 is 1.12. The first-order valence-corrected chi connectivity index (χ1v) is 6.74. The van der Waals surface area contributed by atoms with Crippen LogP contribution in [0.4, 0.5) is 0 Å². The molecule has 4 nitrogen and oxygen atoms in total. The number of hydrogen-bond acceptors (Lipinski definition) is 3. The van der Waals surface area contributed by atoms with E-state index in [1.54, 1.807) is 4.90 Å². The summed E-state index contributed by atoms with van der Waals surface area (Å²) in [5.74, 6) is 0.140. The average molecular weight is 272 g/mol. The van der Waals surface area contributed by atoms with Crippen LogP contribution in [0.15, 0.2) is 0 Å². The van der Waals surface area contributed by atoms with Crippen molar-refractivity contribution < 1.29 is 9.59 Å². The van der Waals surface area contributed by atoms with Crippen molar-refractivity contribution in [2.24, 2.45) is 0 Å². The molecule has 1 amide bonds. The number of nitrogens with one attached hydrogen (secondary N) is 1. The van der Waals surface area contributed by atoms with Gasteiger partial charge in [0.15, 0.2) is 0 Å². The zero-order valence-corrected chi connectivity index (χ0v) is 11.2. The zero-order valence-electron chi connectivity index (χ0n) is 8.74. The Kier molecular flexibility index (Phi) is 3.47. The number of carbonyl (C=O) groups is 2. The Morgan fingerprint density at radius 3 is 2.67 bits per heavy atom. The van der Waals surface area contributed by atoms with Gasteiger partial charge in [-0.1, -0.05) is 0 Å². The second-order valence-corrected chi connectivity index (χ2v) is 5.43. The SMILES string of the molecule is O=C([AsH2])C1CCCN1C(=O)C1CCCN1. The Morgan fingerprint density at radius 1 is 1.27 bits per heavy atom. The number of carbonyl (C=O) groups excluding carboxylic acids is 2. The van der Waals surface area contributed by atoms with Crippen molar-refractivity contribution in [1.29, 1.82) is 0 Å². The summed E-state index contributed by atoms with van der Waals surface area (Å²) in [6, 6.07) is -0.155. The van der Waals surface area contributed by atoms with Gasteiger partial charge in [-0.25, -0.2) is 0 Å². The fraction of sp³-hybridized carbons (Fsp3) is 0.800. The van der Waals surface area contributed by atoms with Gasteiger partial charge >= 0.3 is 98.0 Å². The molecule has 0 aromatic carbocycles. The van der Waals surface area contributed by atoms with Crippen LogP contribution < -0.4 is 5.32 Å². The third-order valence-electron chi connectivity index (χ3n) is 3.22. The van der Waals surface area contributed by atoms with Gasteiger partial charge in [-0.15, -0.1) is 0 Å². The predicted molar refractivity (Wildman–Crippen MR) is 59.3 cm³/mol. The second kappa shape index (κ2) is 4.67. The third kappa shape index (κ3) is 2.26. The normalized spacial score (nSPS) is 30.9. The molecule has 1 N–H and O–H groups in total. The summed E-state index contributed by atoms with van der Waals surface area (Å²) in [6.45, 7) is 1.69. The maximum atomic E-state index is 12.1. The van der Waals surface area contributed by atoms with Crippen LogP contribution >= 0.6 is 0 Å². The van der Waals surface area contributed by atoms with Crippen molar-refractivity contribution in [2.75, 3.05) is 13.1 Å². The van der Waals surface area contributed by atoms with Gasteiger partial charge in [-0.05, 0) is 0 Å². The van der Waals surface area contributed by atoms with E-state index in [-0.39, 0.29) is 22.6 Å². The molecule has 0 saturated carbocycles. The Balaban J connectivity index is 2.02. The average Bonchev–Trinajstić information content (AvgIpc) is 2.88. The van der Waals surface area contributed by atoms with Gasteiger partial charge in [0, 0.05) is 0 Å². The van der Waals surface area contributed by atoms with Gasteiger partial charge in [-0.2, -0.15) is 0 Å². The number of rotatable bonds is 2. The first-order chi connectivity index (χ1) is 7.20. The van der Waals surface area contributed by atoms with Crippen molar-refractivity contribution in [3.8, 4) is 0 Å². The molecule has 2 saturated heterocycles. The van der Waals surface area contributed by atoms with Crippen molar-refractivity contribution in [3.63, 3.8) is 0 Å². The molecule has 3 unspecified atom stereocenters. The van der Waals surface area contributed by atoms with E-state index in [0.29, 0.717) is 0 Å². The fourth-order valence-corrected chi connectivity index (χ4v) is 3.15. The van der Waals surface area contributed by atoms with Gasteiger partial charge < -0.3 is 0 Å². The molecule has 84 valence electrons. The summed E-state index contributed by atoms with van der Waals surface area (Å²) in [5.41, 5.74) is 0. The fourth-order valence-electron chi connectivity index (χ4n) is 2.42. The Morgan fingerprint density at radius 2 is 2.07 bits per heavy atom. The molecule has 2 fully saturated rings. The molecule has 2 aliphatic rings. The monoisotopic (exact) mass is 272 g/mol. The van der Waals surface area contributed by atoms with Gasteiger partial charge in [0.25, 0.3) is 0 Å². The Hall–Kier alpha value is -0.342. The van der Waals surface area contributed by atoms with Crippen LogP contribution in [0.2, 0.25) is 0 Å². The Labute approximate surface area is 98.3 Å². The van der Waals surface area contributed by atoms with Crippen LogP contribution in [-0.2, 0) is 9.59 Å². The molecule has 0 aromatic heterocycles. The van der Waals surface area contributed by atoms with Gasteiger partial charge in [0.2, 0.25) is 0 Å². The van der Waals surface area contributed by atoms with E-state index in [4.69, 9.17) is 0 Å². The summed E-state index contributed by atoms with van der Waals surface area (Å²) in [4.78, 5) is 25.3. The van der Waals surface area contributed by atoms with Gasteiger partial charge in [0.1, 0.15) is 0 Å². The summed E-state index contributed by atoms with van der Waals surface area (Å²) < 4.78 is 0.186. The number of nitrogens with zero attached hydrogens (tertiary/aromatic N) is 1. The van der Waals surface area contributed by atoms with Crippen molar-refractivity contribution in [2.45, 2.75) is 37.8 Å². The van der Waals surface area contributed by atoms with Crippen LogP contribution in [-0.4, -0.2) is 57.4 Å². The summed E-state index contributed by atoms with van der Waals surface area (Å²) in [6.07, 6.45) is 3.82. The first-order valence-electron chi connectivity index (χ1n) is 5.53. The molecule has 0 spiro atoms. The minimum absolute atomic E-state index is 0.0301. The molecular formula is C10H17AsN2O2. The van der Waals surface area contributed by atoms with Crippen LogP contribution in [0.3, 0.4) is 0 Å². The van der Waals surface area contributed by atoms with Crippen molar-refractivity contribution >= 4 is 27.3 Å². The van der Waals surface area contributed by atoms with E-state index in [9.17, 15) is 9.59 Å². The minimum atomic E-state index is -0.125. The molecule has 0 radical (unpaired) electrons. The summed E-state index contributed by atoms with van der Waals surface area (Å²) in [7, 11) is 0. The quantitative estimate of drug-likeness (QED) is 0.648. The first kappa shape index (κ1) is 11.2. The predicted octanol–water partition coefficient (Wildman–Crippen LogP) is -1.11. The van der Waals surface area contributed by atoms with E-state index in [0.717, 1.165) is 55.6 Å². The molecule has 0 aromatic rings. The Bertz CT molecular complexity index is 277. The molecule has 2 aliphatic heterocycles. The molecule has 5 heteroatoms. The molecule has 15 heavy (non-hydrogen) atoms. The van der Waals surface area contributed by atoms with E-state index >= 15 is 0 Å². The molecule has 2 rings (SSSR count). The molecule has 3 atom stereocenters. The molecule has 2 heterocycles.